The zero-order valence-electron chi connectivity index (χ0n) is 8.99. The normalized spacial score (nSPS) is 10.3. The van der Waals surface area contributed by atoms with Gasteiger partial charge in [-0.05, 0) is 25.1 Å². The molecule has 2 N–H and O–H groups in total. The number of carbonyl (C=O) groups is 1. The number of hydrogen-bond acceptors (Lipinski definition) is 3. The van der Waals surface area contributed by atoms with Crippen LogP contribution >= 0.6 is 0 Å². The Hall–Kier alpha value is -2.04. The monoisotopic (exact) mass is 219 g/mol. The largest absolute Gasteiger partial charge is 0.467 e. The standard InChI is InChI=1S/C11H13N3O2/c1-8-5-9(14-13-8)6-11(15)12-7-10-3-2-4-16-10/h2-5H,6-7H2,1H3,(H,12,15)(H,13,14). The number of carbonyl (C=O) groups excluding carboxylic acids is 1. The van der Waals surface area contributed by atoms with Gasteiger partial charge in [-0.1, -0.05) is 0 Å². The molecule has 0 aromatic carbocycles. The van der Waals surface area contributed by atoms with E-state index in [9.17, 15) is 4.79 Å². The maximum atomic E-state index is 11.5. The third kappa shape index (κ3) is 2.73. The third-order valence-electron chi connectivity index (χ3n) is 2.14. The van der Waals surface area contributed by atoms with Crippen LogP contribution in [0.2, 0.25) is 0 Å². The van der Waals surface area contributed by atoms with Gasteiger partial charge in [0.15, 0.2) is 0 Å². The maximum absolute atomic E-state index is 11.5. The molecule has 0 fully saturated rings. The van der Waals surface area contributed by atoms with E-state index in [-0.39, 0.29) is 12.3 Å². The first-order valence-electron chi connectivity index (χ1n) is 5.04. The van der Waals surface area contributed by atoms with Gasteiger partial charge < -0.3 is 9.73 Å². The summed E-state index contributed by atoms with van der Waals surface area (Å²) in [6.07, 6.45) is 1.86. The minimum absolute atomic E-state index is 0.0668. The Balaban J connectivity index is 1.81. The maximum Gasteiger partial charge on any atom is 0.226 e. The highest BCUT2D eigenvalue weighted by Gasteiger charge is 2.06. The topological polar surface area (TPSA) is 70.9 Å². The molecule has 2 aromatic rings. The number of rotatable bonds is 4. The summed E-state index contributed by atoms with van der Waals surface area (Å²) in [5.74, 6) is 0.675. The average Bonchev–Trinajstić information content (AvgIpc) is 2.87. The van der Waals surface area contributed by atoms with Crippen molar-refractivity contribution in [2.45, 2.75) is 19.9 Å². The summed E-state index contributed by atoms with van der Waals surface area (Å²) in [7, 11) is 0. The number of aromatic nitrogens is 2. The van der Waals surface area contributed by atoms with Crippen LogP contribution in [-0.2, 0) is 17.8 Å². The van der Waals surface area contributed by atoms with Gasteiger partial charge in [-0.15, -0.1) is 0 Å². The van der Waals surface area contributed by atoms with Gasteiger partial charge in [0.05, 0.1) is 24.9 Å². The molecule has 2 aromatic heterocycles. The molecule has 84 valence electrons. The Kier molecular flexibility index (Phi) is 3.05. The van der Waals surface area contributed by atoms with E-state index in [1.165, 1.54) is 0 Å². The molecule has 0 aliphatic rings. The van der Waals surface area contributed by atoms with Crippen LogP contribution in [0, 0.1) is 6.92 Å². The second-order valence-corrected chi connectivity index (χ2v) is 3.58. The fourth-order valence-electron chi connectivity index (χ4n) is 1.39. The van der Waals surface area contributed by atoms with Gasteiger partial charge in [-0.3, -0.25) is 9.89 Å². The molecule has 0 aliphatic heterocycles. The molecule has 0 spiro atoms. The molecule has 0 saturated heterocycles. The smallest absolute Gasteiger partial charge is 0.226 e. The third-order valence-corrected chi connectivity index (χ3v) is 2.14. The SMILES string of the molecule is Cc1cc(CC(=O)NCc2ccco2)n[nH]1. The first kappa shape index (κ1) is 10.5. The lowest BCUT2D eigenvalue weighted by atomic mass is 10.3. The number of amides is 1. The quantitative estimate of drug-likeness (QED) is 0.810. The summed E-state index contributed by atoms with van der Waals surface area (Å²) in [5.41, 5.74) is 1.70. The summed E-state index contributed by atoms with van der Waals surface area (Å²) in [6, 6.07) is 5.46. The molecule has 0 bridgehead atoms. The van der Waals surface area contributed by atoms with Crippen LogP contribution in [0.1, 0.15) is 17.1 Å². The van der Waals surface area contributed by atoms with Gasteiger partial charge in [-0.25, -0.2) is 0 Å². The van der Waals surface area contributed by atoms with Crippen LogP contribution in [0.4, 0.5) is 0 Å². The highest BCUT2D eigenvalue weighted by atomic mass is 16.3. The lowest BCUT2D eigenvalue weighted by Crippen LogP contribution is -2.24. The highest BCUT2D eigenvalue weighted by Crippen LogP contribution is 2.01. The van der Waals surface area contributed by atoms with Crippen molar-refractivity contribution in [3.8, 4) is 0 Å². The van der Waals surface area contributed by atoms with Crippen molar-refractivity contribution in [3.63, 3.8) is 0 Å². The van der Waals surface area contributed by atoms with Crippen molar-refractivity contribution in [2.75, 3.05) is 0 Å². The van der Waals surface area contributed by atoms with Crippen LogP contribution in [0.25, 0.3) is 0 Å². The Morgan fingerprint density at radius 1 is 1.62 bits per heavy atom. The first-order chi connectivity index (χ1) is 7.74. The van der Waals surface area contributed by atoms with Crippen LogP contribution in [0.15, 0.2) is 28.9 Å². The van der Waals surface area contributed by atoms with E-state index in [0.717, 1.165) is 17.1 Å². The molecule has 0 radical (unpaired) electrons. The molecule has 0 aliphatic carbocycles. The second-order valence-electron chi connectivity index (χ2n) is 3.58. The van der Waals surface area contributed by atoms with E-state index in [4.69, 9.17) is 4.42 Å². The fourth-order valence-corrected chi connectivity index (χ4v) is 1.39. The predicted octanol–water partition coefficient (Wildman–Crippen LogP) is 1.17. The zero-order valence-corrected chi connectivity index (χ0v) is 8.99. The minimum atomic E-state index is -0.0668. The predicted molar refractivity (Wildman–Crippen MR) is 57.6 cm³/mol. The van der Waals surface area contributed by atoms with Crippen molar-refractivity contribution < 1.29 is 9.21 Å². The van der Waals surface area contributed by atoms with E-state index in [2.05, 4.69) is 15.5 Å². The van der Waals surface area contributed by atoms with Crippen molar-refractivity contribution in [3.05, 3.63) is 41.6 Å². The molecular formula is C11H13N3O2. The summed E-state index contributed by atoms with van der Waals surface area (Å²) in [4.78, 5) is 11.5. The van der Waals surface area contributed by atoms with Crippen molar-refractivity contribution in [1.29, 1.82) is 0 Å². The van der Waals surface area contributed by atoms with Crippen LogP contribution in [0.3, 0.4) is 0 Å². The van der Waals surface area contributed by atoms with E-state index in [1.54, 1.807) is 12.3 Å². The lowest BCUT2D eigenvalue weighted by Gasteiger charge is -2.00. The van der Waals surface area contributed by atoms with E-state index < -0.39 is 0 Å². The summed E-state index contributed by atoms with van der Waals surface area (Å²) >= 11 is 0. The fraction of sp³-hybridized carbons (Fsp3) is 0.273. The summed E-state index contributed by atoms with van der Waals surface area (Å²) in [6.45, 7) is 2.31. The van der Waals surface area contributed by atoms with Crippen molar-refractivity contribution in [1.82, 2.24) is 15.5 Å². The molecule has 2 rings (SSSR count). The molecule has 0 unspecified atom stereocenters. The van der Waals surface area contributed by atoms with Crippen molar-refractivity contribution in [2.24, 2.45) is 0 Å². The summed E-state index contributed by atoms with van der Waals surface area (Å²) in [5, 5.41) is 9.54. The number of aromatic amines is 1. The molecule has 0 atom stereocenters. The number of hydrogen-bond donors (Lipinski definition) is 2. The minimum Gasteiger partial charge on any atom is -0.467 e. The molecule has 16 heavy (non-hydrogen) atoms. The highest BCUT2D eigenvalue weighted by molar-refractivity contribution is 5.77. The van der Waals surface area contributed by atoms with E-state index in [1.807, 2.05) is 19.1 Å². The van der Waals surface area contributed by atoms with Gasteiger partial charge in [0, 0.05) is 5.69 Å². The number of nitrogens with one attached hydrogen (secondary N) is 2. The van der Waals surface area contributed by atoms with Crippen LogP contribution < -0.4 is 5.32 Å². The second kappa shape index (κ2) is 4.65. The Morgan fingerprint density at radius 3 is 3.12 bits per heavy atom. The molecule has 0 saturated carbocycles. The molecule has 2 heterocycles. The van der Waals surface area contributed by atoms with Gasteiger partial charge in [0.25, 0.3) is 0 Å². The summed E-state index contributed by atoms with van der Waals surface area (Å²) < 4.78 is 5.10. The van der Waals surface area contributed by atoms with Crippen molar-refractivity contribution >= 4 is 5.91 Å². The Bertz CT molecular complexity index is 459. The number of furan rings is 1. The lowest BCUT2D eigenvalue weighted by molar-refractivity contribution is -0.120. The van der Waals surface area contributed by atoms with Crippen LogP contribution in [-0.4, -0.2) is 16.1 Å². The number of H-pyrrole nitrogens is 1. The van der Waals surface area contributed by atoms with Gasteiger partial charge in [0.1, 0.15) is 5.76 Å². The van der Waals surface area contributed by atoms with E-state index >= 15 is 0 Å². The molecular weight excluding hydrogens is 206 g/mol. The molecule has 5 heteroatoms. The first-order valence-corrected chi connectivity index (χ1v) is 5.04. The molecule has 1 amide bonds. The van der Waals surface area contributed by atoms with Gasteiger partial charge >= 0.3 is 0 Å². The van der Waals surface area contributed by atoms with Crippen LogP contribution in [0.5, 0.6) is 0 Å². The Labute approximate surface area is 92.9 Å². The zero-order chi connectivity index (χ0) is 11.4. The van der Waals surface area contributed by atoms with Gasteiger partial charge in [-0.2, -0.15) is 5.10 Å². The number of nitrogens with zero attached hydrogens (tertiary/aromatic N) is 1. The van der Waals surface area contributed by atoms with E-state index in [0.29, 0.717) is 6.54 Å². The molecule has 5 nitrogen and oxygen atoms in total. The average molecular weight is 219 g/mol. The van der Waals surface area contributed by atoms with Gasteiger partial charge in [0.2, 0.25) is 5.91 Å². The number of aryl methyl sites for hydroxylation is 1. The Morgan fingerprint density at radius 2 is 2.50 bits per heavy atom.